The van der Waals surface area contributed by atoms with Crippen LogP contribution in [0.1, 0.15) is 26.8 Å². The minimum Gasteiger partial charge on any atom is -0.339 e. The molecule has 0 aliphatic carbocycles. The molecule has 1 aromatic heterocycles. The number of hydrogen-bond donors (Lipinski definition) is 1. The summed E-state index contributed by atoms with van der Waals surface area (Å²) in [5, 5.41) is 3.44. The molecule has 2 heterocycles. The van der Waals surface area contributed by atoms with Gasteiger partial charge >= 0.3 is 0 Å². The lowest BCUT2D eigenvalue weighted by Gasteiger charge is -2.33. The van der Waals surface area contributed by atoms with E-state index in [-0.39, 0.29) is 0 Å². The smallest absolute Gasteiger partial charge is 0.205 e. The molecular weight excluding hydrogens is 188 g/mol. The van der Waals surface area contributed by atoms with Crippen LogP contribution in [-0.2, 0) is 0 Å². The van der Waals surface area contributed by atoms with Gasteiger partial charge in [-0.25, -0.2) is 4.98 Å². The fourth-order valence-corrected chi connectivity index (χ4v) is 2.07. The zero-order chi connectivity index (χ0) is 10.8. The largest absolute Gasteiger partial charge is 0.339 e. The topological polar surface area (TPSA) is 33.1 Å². The molecule has 0 radical (unpaired) electrons. The summed E-state index contributed by atoms with van der Waals surface area (Å²) >= 11 is 0. The Hall–Kier alpha value is -1.03. The molecule has 84 valence electrons. The Morgan fingerprint density at radius 1 is 1.53 bits per heavy atom. The summed E-state index contributed by atoms with van der Waals surface area (Å²) in [5.74, 6) is 1.11. The zero-order valence-corrected chi connectivity index (χ0v) is 9.77. The van der Waals surface area contributed by atoms with E-state index in [1.807, 2.05) is 6.20 Å². The number of aromatic nitrogens is 2. The number of piperazine rings is 1. The highest BCUT2D eigenvalue weighted by atomic mass is 15.3. The molecule has 1 atom stereocenters. The molecule has 1 N–H and O–H groups in total. The maximum Gasteiger partial charge on any atom is 0.205 e. The Balaban J connectivity index is 2.17. The van der Waals surface area contributed by atoms with E-state index in [4.69, 9.17) is 0 Å². The number of hydrogen-bond acceptors (Lipinski definition) is 3. The van der Waals surface area contributed by atoms with E-state index < -0.39 is 0 Å². The monoisotopic (exact) mass is 208 g/mol. The van der Waals surface area contributed by atoms with E-state index in [9.17, 15) is 0 Å². The van der Waals surface area contributed by atoms with Crippen molar-refractivity contribution >= 4 is 5.95 Å². The van der Waals surface area contributed by atoms with Crippen molar-refractivity contribution in [2.45, 2.75) is 32.9 Å². The molecule has 1 aromatic rings. The summed E-state index contributed by atoms with van der Waals surface area (Å²) < 4.78 is 2.23. The highest BCUT2D eigenvalue weighted by molar-refractivity contribution is 5.33. The molecular formula is C11H20N4. The highest BCUT2D eigenvalue weighted by Gasteiger charge is 2.19. The van der Waals surface area contributed by atoms with Gasteiger partial charge in [0.25, 0.3) is 0 Å². The Kier molecular flexibility index (Phi) is 2.95. The van der Waals surface area contributed by atoms with Crippen LogP contribution in [0.25, 0.3) is 0 Å². The summed E-state index contributed by atoms with van der Waals surface area (Å²) in [4.78, 5) is 6.82. The second-order valence-electron chi connectivity index (χ2n) is 4.53. The fourth-order valence-electron chi connectivity index (χ4n) is 2.07. The number of nitrogens with one attached hydrogen (secondary N) is 1. The molecule has 1 saturated heterocycles. The first-order valence-corrected chi connectivity index (χ1v) is 5.69. The van der Waals surface area contributed by atoms with Gasteiger partial charge in [0.1, 0.15) is 0 Å². The van der Waals surface area contributed by atoms with Gasteiger partial charge in [-0.05, 0) is 20.8 Å². The molecule has 0 unspecified atom stereocenters. The van der Waals surface area contributed by atoms with Crippen molar-refractivity contribution in [2.75, 3.05) is 24.5 Å². The lowest BCUT2D eigenvalue weighted by Crippen LogP contribution is -2.50. The number of anilines is 1. The van der Waals surface area contributed by atoms with Gasteiger partial charge in [0.15, 0.2) is 0 Å². The molecule has 0 saturated carbocycles. The molecule has 2 rings (SSSR count). The summed E-state index contributed by atoms with van der Waals surface area (Å²) in [6, 6.07) is 1.03. The minimum absolute atomic E-state index is 0.479. The lowest BCUT2D eigenvalue weighted by atomic mass is 10.2. The van der Waals surface area contributed by atoms with Crippen LogP contribution in [0.2, 0.25) is 0 Å². The van der Waals surface area contributed by atoms with Crippen molar-refractivity contribution in [3.05, 3.63) is 12.4 Å². The normalized spacial score (nSPS) is 22.4. The van der Waals surface area contributed by atoms with Gasteiger partial charge in [0.05, 0.1) is 0 Å². The maximum absolute atomic E-state index is 4.46. The van der Waals surface area contributed by atoms with Gasteiger partial charge in [0, 0.05) is 44.1 Å². The van der Waals surface area contributed by atoms with Crippen LogP contribution in [0.4, 0.5) is 5.95 Å². The van der Waals surface area contributed by atoms with Crippen LogP contribution in [0, 0.1) is 0 Å². The van der Waals surface area contributed by atoms with Crippen molar-refractivity contribution < 1.29 is 0 Å². The third-order valence-electron chi connectivity index (χ3n) is 2.86. The molecule has 0 amide bonds. The number of imidazole rings is 1. The Labute approximate surface area is 91.3 Å². The van der Waals surface area contributed by atoms with E-state index in [0.717, 1.165) is 25.6 Å². The van der Waals surface area contributed by atoms with Crippen LogP contribution in [0.15, 0.2) is 12.4 Å². The third-order valence-corrected chi connectivity index (χ3v) is 2.86. The predicted octanol–water partition coefficient (Wildman–Crippen LogP) is 1.26. The van der Waals surface area contributed by atoms with Crippen molar-refractivity contribution in [1.29, 1.82) is 0 Å². The van der Waals surface area contributed by atoms with Crippen LogP contribution < -0.4 is 10.2 Å². The van der Waals surface area contributed by atoms with Gasteiger partial charge in [-0.2, -0.15) is 0 Å². The van der Waals surface area contributed by atoms with Crippen molar-refractivity contribution in [3.8, 4) is 0 Å². The van der Waals surface area contributed by atoms with Crippen LogP contribution >= 0.6 is 0 Å². The van der Waals surface area contributed by atoms with Crippen molar-refractivity contribution in [2.24, 2.45) is 0 Å². The second kappa shape index (κ2) is 4.23. The van der Waals surface area contributed by atoms with E-state index in [1.165, 1.54) is 0 Å². The SMILES string of the molecule is CC(C)n1ccnc1N1CCN[C@H](C)C1. The van der Waals surface area contributed by atoms with Crippen LogP contribution in [0.5, 0.6) is 0 Å². The van der Waals surface area contributed by atoms with Crippen LogP contribution in [-0.4, -0.2) is 35.2 Å². The Morgan fingerprint density at radius 3 is 3.00 bits per heavy atom. The summed E-state index contributed by atoms with van der Waals surface area (Å²) in [7, 11) is 0. The first kappa shape index (κ1) is 10.5. The highest BCUT2D eigenvalue weighted by Crippen LogP contribution is 2.18. The van der Waals surface area contributed by atoms with E-state index in [0.29, 0.717) is 12.1 Å². The number of nitrogens with zero attached hydrogens (tertiary/aromatic N) is 3. The van der Waals surface area contributed by atoms with Crippen molar-refractivity contribution in [3.63, 3.8) is 0 Å². The third kappa shape index (κ3) is 2.15. The van der Waals surface area contributed by atoms with Crippen LogP contribution in [0.3, 0.4) is 0 Å². The standard InChI is InChI=1S/C11H20N4/c1-9(2)15-7-5-13-11(15)14-6-4-12-10(3)8-14/h5,7,9-10,12H,4,6,8H2,1-3H3/t10-/m1/s1. The van der Waals surface area contributed by atoms with E-state index in [2.05, 4.69) is 46.7 Å². The molecule has 1 fully saturated rings. The van der Waals surface area contributed by atoms with Crippen molar-refractivity contribution in [1.82, 2.24) is 14.9 Å². The maximum atomic E-state index is 4.46. The van der Waals surface area contributed by atoms with Gasteiger partial charge < -0.3 is 14.8 Å². The Bertz CT molecular complexity index is 318. The number of rotatable bonds is 2. The minimum atomic E-state index is 0.479. The molecule has 0 aromatic carbocycles. The first-order chi connectivity index (χ1) is 7.18. The van der Waals surface area contributed by atoms with Gasteiger partial charge in [-0.15, -0.1) is 0 Å². The van der Waals surface area contributed by atoms with Gasteiger partial charge in [-0.1, -0.05) is 0 Å². The zero-order valence-electron chi connectivity index (χ0n) is 9.77. The van der Waals surface area contributed by atoms with E-state index in [1.54, 1.807) is 0 Å². The molecule has 0 bridgehead atoms. The lowest BCUT2D eigenvalue weighted by molar-refractivity contribution is 0.468. The molecule has 4 heteroatoms. The summed E-state index contributed by atoms with van der Waals surface area (Å²) in [6.45, 7) is 9.74. The Morgan fingerprint density at radius 2 is 2.33 bits per heavy atom. The molecule has 1 aliphatic heterocycles. The fraction of sp³-hybridized carbons (Fsp3) is 0.727. The molecule has 0 spiro atoms. The molecule has 4 nitrogen and oxygen atoms in total. The summed E-state index contributed by atoms with van der Waals surface area (Å²) in [5.41, 5.74) is 0. The quantitative estimate of drug-likeness (QED) is 0.794. The van der Waals surface area contributed by atoms with Gasteiger partial charge in [0.2, 0.25) is 5.95 Å². The predicted molar refractivity (Wildman–Crippen MR) is 62.3 cm³/mol. The summed E-state index contributed by atoms with van der Waals surface area (Å²) in [6.07, 6.45) is 3.95. The first-order valence-electron chi connectivity index (χ1n) is 5.69. The van der Waals surface area contributed by atoms with Gasteiger partial charge in [-0.3, -0.25) is 0 Å². The average molecular weight is 208 g/mol. The molecule has 15 heavy (non-hydrogen) atoms. The molecule has 1 aliphatic rings. The second-order valence-corrected chi connectivity index (χ2v) is 4.53. The van der Waals surface area contributed by atoms with E-state index >= 15 is 0 Å². The average Bonchev–Trinajstić information content (AvgIpc) is 2.65.